The fourth-order valence-corrected chi connectivity index (χ4v) is 2.43. The summed E-state index contributed by atoms with van der Waals surface area (Å²) in [5.41, 5.74) is -0.913. The Labute approximate surface area is 144 Å². The van der Waals surface area contributed by atoms with Crippen LogP contribution in [0.25, 0.3) is 0 Å². The molecule has 0 bridgehead atoms. The second-order valence-electron chi connectivity index (χ2n) is 4.57. The van der Waals surface area contributed by atoms with Crippen LogP contribution < -0.4 is 4.74 Å². The predicted molar refractivity (Wildman–Crippen MR) is 91.0 cm³/mol. The average Bonchev–Trinajstić information content (AvgIpc) is 2.51. The summed E-state index contributed by atoms with van der Waals surface area (Å²) < 4.78 is 5.68. The van der Waals surface area contributed by atoms with Crippen LogP contribution in [0, 0.1) is 11.8 Å². The van der Waals surface area contributed by atoms with Crippen molar-refractivity contribution in [3.63, 3.8) is 0 Å². The number of benzene rings is 2. The number of hydrogen-bond acceptors (Lipinski definition) is 2. The first kappa shape index (κ1) is 17.0. The van der Waals surface area contributed by atoms with Gasteiger partial charge in [-0.2, -0.15) is 0 Å². The van der Waals surface area contributed by atoms with Gasteiger partial charge in [0.2, 0.25) is 0 Å². The summed E-state index contributed by atoms with van der Waals surface area (Å²) in [5.74, 6) is 6.38. The molecule has 0 aliphatic carbocycles. The molecule has 0 saturated heterocycles. The highest BCUT2D eigenvalue weighted by molar-refractivity contribution is 6.32. The van der Waals surface area contributed by atoms with Crippen LogP contribution in [0.5, 0.6) is 11.5 Å². The second-order valence-corrected chi connectivity index (χ2v) is 5.68. The van der Waals surface area contributed by atoms with E-state index in [1.54, 1.807) is 49.4 Å². The van der Waals surface area contributed by atoms with Crippen molar-refractivity contribution in [2.45, 2.75) is 12.5 Å². The minimum Gasteiger partial charge on any atom is -0.456 e. The van der Waals surface area contributed by atoms with Crippen molar-refractivity contribution in [1.82, 2.24) is 0 Å². The van der Waals surface area contributed by atoms with E-state index in [0.29, 0.717) is 27.1 Å². The van der Waals surface area contributed by atoms with Crippen molar-refractivity contribution in [2.24, 2.45) is 0 Å². The first-order valence-corrected chi connectivity index (χ1v) is 7.73. The molecule has 2 rings (SSSR count). The lowest BCUT2D eigenvalue weighted by Crippen LogP contribution is -2.25. The molecule has 114 valence electrons. The van der Waals surface area contributed by atoms with Crippen molar-refractivity contribution >= 4 is 34.8 Å². The zero-order valence-electron chi connectivity index (χ0n) is 11.7. The van der Waals surface area contributed by atoms with Gasteiger partial charge in [-0.1, -0.05) is 35.2 Å². The quantitative estimate of drug-likeness (QED) is 0.600. The predicted octanol–water partition coefficient (Wildman–Crippen LogP) is 5.24. The fraction of sp³-hybridized carbons (Fsp3) is 0.176. The van der Waals surface area contributed by atoms with Gasteiger partial charge in [0, 0.05) is 5.02 Å². The van der Waals surface area contributed by atoms with Gasteiger partial charge in [-0.05, 0) is 48.9 Å². The maximum absolute atomic E-state index is 10.4. The molecule has 0 aliphatic rings. The molecule has 0 aliphatic heterocycles. The third-order valence-corrected chi connectivity index (χ3v) is 3.91. The summed E-state index contributed by atoms with van der Waals surface area (Å²) in [4.78, 5) is 0. The molecule has 1 unspecified atom stereocenters. The summed E-state index contributed by atoms with van der Waals surface area (Å²) in [6.07, 6.45) is 0. The standard InChI is InChI=1S/C17H13Cl3O2/c1-2-9-17(21,11-18)12-3-8-16(15(20)10-12)22-14-6-4-13(19)5-7-14/h3-8,10,21H,11H2,1H3. The highest BCUT2D eigenvalue weighted by Gasteiger charge is 2.26. The molecular weight excluding hydrogens is 343 g/mol. The Bertz CT molecular complexity index is 717. The maximum Gasteiger partial charge on any atom is 0.164 e. The topological polar surface area (TPSA) is 29.5 Å². The fourth-order valence-electron chi connectivity index (χ4n) is 1.86. The minimum atomic E-state index is -1.43. The number of halogens is 3. The maximum atomic E-state index is 10.4. The van der Waals surface area contributed by atoms with E-state index in [4.69, 9.17) is 39.5 Å². The normalized spacial score (nSPS) is 13.0. The molecule has 5 heteroatoms. The smallest absolute Gasteiger partial charge is 0.164 e. The monoisotopic (exact) mass is 354 g/mol. The number of hydrogen-bond donors (Lipinski definition) is 1. The Morgan fingerprint density at radius 3 is 2.36 bits per heavy atom. The molecule has 0 fully saturated rings. The van der Waals surface area contributed by atoms with Crippen LogP contribution in [0.2, 0.25) is 10.0 Å². The molecule has 2 nitrogen and oxygen atoms in total. The number of ether oxygens (including phenoxy) is 1. The van der Waals surface area contributed by atoms with Crippen molar-refractivity contribution in [2.75, 3.05) is 5.88 Å². The average molecular weight is 356 g/mol. The van der Waals surface area contributed by atoms with Crippen LogP contribution in [0.1, 0.15) is 12.5 Å². The number of rotatable bonds is 4. The molecule has 2 aromatic rings. The van der Waals surface area contributed by atoms with Gasteiger partial charge in [-0.15, -0.1) is 17.5 Å². The largest absolute Gasteiger partial charge is 0.456 e. The molecule has 1 N–H and O–H groups in total. The van der Waals surface area contributed by atoms with Gasteiger partial charge in [0.05, 0.1) is 10.9 Å². The number of aliphatic hydroxyl groups is 1. The molecule has 0 spiro atoms. The van der Waals surface area contributed by atoms with Gasteiger partial charge in [-0.3, -0.25) is 0 Å². The van der Waals surface area contributed by atoms with Gasteiger partial charge in [0.15, 0.2) is 5.60 Å². The van der Waals surface area contributed by atoms with E-state index in [-0.39, 0.29) is 5.88 Å². The molecule has 0 heterocycles. The van der Waals surface area contributed by atoms with Crippen LogP contribution in [-0.2, 0) is 5.60 Å². The van der Waals surface area contributed by atoms with E-state index in [1.807, 2.05) is 0 Å². The van der Waals surface area contributed by atoms with Gasteiger partial charge in [0.25, 0.3) is 0 Å². The third kappa shape index (κ3) is 3.88. The Kier molecular flexibility index (Phi) is 5.61. The van der Waals surface area contributed by atoms with E-state index in [1.165, 1.54) is 0 Å². The Hall–Kier alpha value is -1.37. The van der Waals surface area contributed by atoms with Crippen molar-refractivity contribution in [3.05, 3.63) is 58.1 Å². The van der Waals surface area contributed by atoms with Crippen LogP contribution in [0.3, 0.4) is 0 Å². The first-order valence-electron chi connectivity index (χ1n) is 6.44. The Balaban J connectivity index is 2.29. The van der Waals surface area contributed by atoms with Gasteiger partial charge in [-0.25, -0.2) is 0 Å². The summed E-state index contributed by atoms with van der Waals surface area (Å²) >= 11 is 17.9. The lowest BCUT2D eigenvalue weighted by molar-refractivity contribution is 0.126. The zero-order valence-corrected chi connectivity index (χ0v) is 14.0. The molecule has 1 atom stereocenters. The van der Waals surface area contributed by atoms with Crippen molar-refractivity contribution in [1.29, 1.82) is 0 Å². The van der Waals surface area contributed by atoms with Crippen molar-refractivity contribution in [3.8, 4) is 23.3 Å². The summed E-state index contributed by atoms with van der Waals surface area (Å²) in [6.45, 7) is 1.64. The number of alkyl halides is 1. The molecule has 22 heavy (non-hydrogen) atoms. The van der Waals surface area contributed by atoms with Gasteiger partial charge < -0.3 is 9.84 Å². The van der Waals surface area contributed by atoms with Gasteiger partial charge in [0.1, 0.15) is 11.5 Å². The van der Waals surface area contributed by atoms with E-state index in [9.17, 15) is 5.11 Å². The summed E-state index contributed by atoms with van der Waals surface area (Å²) in [5, 5.41) is 11.4. The lowest BCUT2D eigenvalue weighted by Gasteiger charge is -2.20. The third-order valence-electron chi connectivity index (χ3n) is 2.98. The van der Waals surface area contributed by atoms with Crippen molar-refractivity contribution < 1.29 is 9.84 Å². The summed E-state index contributed by atoms with van der Waals surface area (Å²) in [7, 11) is 0. The first-order chi connectivity index (χ1) is 10.5. The Morgan fingerprint density at radius 2 is 1.82 bits per heavy atom. The second kappa shape index (κ2) is 7.26. The molecular formula is C17H13Cl3O2. The SMILES string of the molecule is CC#CC(O)(CCl)c1ccc(Oc2ccc(Cl)cc2)c(Cl)c1. The van der Waals surface area contributed by atoms with Crippen LogP contribution in [0.4, 0.5) is 0 Å². The van der Waals surface area contributed by atoms with Crippen LogP contribution in [0.15, 0.2) is 42.5 Å². The zero-order chi connectivity index (χ0) is 16.2. The lowest BCUT2D eigenvalue weighted by atomic mass is 9.96. The molecule has 0 aromatic heterocycles. The van der Waals surface area contributed by atoms with Crippen LogP contribution in [-0.4, -0.2) is 11.0 Å². The highest BCUT2D eigenvalue weighted by atomic mass is 35.5. The molecule has 0 radical (unpaired) electrons. The van der Waals surface area contributed by atoms with E-state index in [0.717, 1.165) is 0 Å². The highest BCUT2D eigenvalue weighted by Crippen LogP contribution is 2.34. The van der Waals surface area contributed by atoms with E-state index >= 15 is 0 Å². The van der Waals surface area contributed by atoms with E-state index < -0.39 is 5.60 Å². The van der Waals surface area contributed by atoms with Gasteiger partial charge >= 0.3 is 0 Å². The van der Waals surface area contributed by atoms with E-state index in [2.05, 4.69) is 11.8 Å². The van der Waals surface area contributed by atoms with Crippen LogP contribution >= 0.6 is 34.8 Å². The molecule has 2 aromatic carbocycles. The molecule has 0 amide bonds. The minimum absolute atomic E-state index is 0.0540. The summed E-state index contributed by atoms with van der Waals surface area (Å²) in [6, 6.07) is 11.9. The Morgan fingerprint density at radius 1 is 1.14 bits per heavy atom. The molecule has 0 saturated carbocycles.